The largest absolute Gasteiger partial charge is 0.331 e. The number of urea groups is 2. The first kappa shape index (κ1) is 21.6. The number of halogens is 2. The summed E-state index contributed by atoms with van der Waals surface area (Å²) in [5.74, 6) is 0. The summed E-state index contributed by atoms with van der Waals surface area (Å²) in [6.07, 6.45) is 0. The number of nitrogens with one attached hydrogen (secondary N) is 2. The SMILES string of the molecule is CN(C)C(=O)Nc1ccc(Cl)c(Cl)c1.CN(C)C(=O)Nc1ccccc1. The molecule has 0 aliphatic carbocycles. The summed E-state index contributed by atoms with van der Waals surface area (Å²) in [6, 6.07) is 14.0. The molecule has 0 unspecified atom stereocenters. The van der Waals surface area contributed by atoms with Gasteiger partial charge >= 0.3 is 12.1 Å². The number of para-hydroxylation sites is 1. The Morgan fingerprint density at radius 1 is 0.731 bits per heavy atom. The van der Waals surface area contributed by atoms with Crippen LogP contribution in [-0.2, 0) is 0 Å². The highest BCUT2D eigenvalue weighted by Gasteiger charge is 2.05. The van der Waals surface area contributed by atoms with Crippen molar-refractivity contribution in [1.82, 2.24) is 9.80 Å². The van der Waals surface area contributed by atoms with E-state index in [9.17, 15) is 9.59 Å². The molecule has 0 aliphatic rings. The minimum Gasteiger partial charge on any atom is -0.331 e. The second kappa shape index (κ2) is 10.5. The van der Waals surface area contributed by atoms with Crippen molar-refractivity contribution in [3.8, 4) is 0 Å². The van der Waals surface area contributed by atoms with E-state index in [4.69, 9.17) is 23.2 Å². The number of hydrogen-bond acceptors (Lipinski definition) is 2. The van der Waals surface area contributed by atoms with Crippen molar-refractivity contribution in [3.05, 3.63) is 58.6 Å². The summed E-state index contributed by atoms with van der Waals surface area (Å²) in [5, 5.41) is 6.27. The molecule has 0 spiro atoms. The molecule has 6 nitrogen and oxygen atoms in total. The van der Waals surface area contributed by atoms with E-state index in [1.165, 1.54) is 9.80 Å². The molecule has 0 aromatic heterocycles. The highest BCUT2D eigenvalue weighted by Crippen LogP contribution is 2.24. The minimum absolute atomic E-state index is 0.110. The Hall–Kier alpha value is -2.44. The van der Waals surface area contributed by atoms with Crippen LogP contribution < -0.4 is 10.6 Å². The molecule has 0 radical (unpaired) electrons. The summed E-state index contributed by atoms with van der Waals surface area (Å²) in [7, 11) is 6.73. The summed E-state index contributed by atoms with van der Waals surface area (Å²) >= 11 is 11.5. The molecular weight excluding hydrogens is 375 g/mol. The van der Waals surface area contributed by atoms with Crippen LogP contribution in [0.4, 0.5) is 21.0 Å². The zero-order chi connectivity index (χ0) is 19.7. The smallest absolute Gasteiger partial charge is 0.321 e. The first-order valence-corrected chi connectivity index (χ1v) is 8.43. The van der Waals surface area contributed by atoms with Gasteiger partial charge in [-0.1, -0.05) is 41.4 Å². The summed E-state index contributed by atoms with van der Waals surface area (Å²) < 4.78 is 0. The average Bonchev–Trinajstić information content (AvgIpc) is 2.59. The van der Waals surface area contributed by atoms with Crippen LogP contribution in [0, 0.1) is 0 Å². The third kappa shape index (κ3) is 7.63. The van der Waals surface area contributed by atoms with Crippen LogP contribution in [0.15, 0.2) is 48.5 Å². The Balaban J connectivity index is 0.000000263. The molecule has 0 aliphatic heterocycles. The standard InChI is InChI=1S/C9H10Cl2N2O.C9H12N2O/c1-13(2)9(14)12-6-3-4-7(10)8(11)5-6;1-11(2)9(12)10-8-6-4-3-5-7-8/h3-5H,1-2H3,(H,12,14);3-7H,1-2H3,(H,10,12). The van der Waals surface area contributed by atoms with Gasteiger partial charge in [0.2, 0.25) is 0 Å². The Labute approximate surface area is 163 Å². The van der Waals surface area contributed by atoms with Gasteiger partial charge in [-0.25, -0.2) is 9.59 Å². The zero-order valence-electron chi connectivity index (χ0n) is 15.1. The van der Waals surface area contributed by atoms with Crippen molar-refractivity contribution in [2.45, 2.75) is 0 Å². The van der Waals surface area contributed by atoms with E-state index in [-0.39, 0.29) is 12.1 Å². The number of anilines is 2. The third-order valence-corrected chi connectivity index (χ3v) is 3.75. The Kier molecular flexibility index (Phi) is 8.75. The molecule has 0 heterocycles. The number of nitrogens with zero attached hydrogens (tertiary/aromatic N) is 2. The van der Waals surface area contributed by atoms with Crippen molar-refractivity contribution in [2.24, 2.45) is 0 Å². The van der Waals surface area contributed by atoms with E-state index in [1.807, 2.05) is 30.3 Å². The lowest BCUT2D eigenvalue weighted by Gasteiger charge is -2.12. The lowest BCUT2D eigenvalue weighted by Crippen LogP contribution is -2.27. The lowest BCUT2D eigenvalue weighted by atomic mass is 10.3. The molecule has 2 N–H and O–H groups in total. The second-order valence-corrected chi connectivity index (χ2v) is 6.46. The first-order valence-electron chi connectivity index (χ1n) is 7.67. The monoisotopic (exact) mass is 396 g/mol. The fourth-order valence-electron chi connectivity index (χ4n) is 1.57. The van der Waals surface area contributed by atoms with E-state index in [0.717, 1.165) is 5.69 Å². The van der Waals surface area contributed by atoms with Crippen LogP contribution >= 0.6 is 23.2 Å². The van der Waals surface area contributed by atoms with Crippen LogP contribution in [0.3, 0.4) is 0 Å². The van der Waals surface area contributed by atoms with Gasteiger partial charge in [0, 0.05) is 39.6 Å². The van der Waals surface area contributed by atoms with Crippen LogP contribution in [0.1, 0.15) is 0 Å². The summed E-state index contributed by atoms with van der Waals surface area (Å²) in [5.41, 5.74) is 1.44. The van der Waals surface area contributed by atoms with E-state index in [2.05, 4.69) is 10.6 Å². The van der Waals surface area contributed by atoms with Crippen LogP contribution in [0.25, 0.3) is 0 Å². The minimum atomic E-state index is -0.205. The maximum absolute atomic E-state index is 11.2. The molecule has 140 valence electrons. The Morgan fingerprint density at radius 3 is 1.69 bits per heavy atom. The van der Waals surface area contributed by atoms with Crippen molar-refractivity contribution in [3.63, 3.8) is 0 Å². The Morgan fingerprint density at radius 2 is 1.23 bits per heavy atom. The number of amides is 4. The summed E-state index contributed by atoms with van der Waals surface area (Å²) in [4.78, 5) is 25.3. The fraction of sp³-hybridized carbons (Fsp3) is 0.222. The molecule has 0 saturated heterocycles. The molecule has 2 aromatic carbocycles. The molecule has 26 heavy (non-hydrogen) atoms. The van der Waals surface area contributed by atoms with Gasteiger partial charge in [0.1, 0.15) is 0 Å². The van der Waals surface area contributed by atoms with Crippen molar-refractivity contribution in [2.75, 3.05) is 38.8 Å². The van der Waals surface area contributed by atoms with E-state index in [0.29, 0.717) is 15.7 Å². The van der Waals surface area contributed by atoms with Crippen LogP contribution in [-0.4, -0.2) is 50.1 Å². The molecular formula is C18H22Cl2N4O2. The highest BCUT2D eigenvalue weighted by atomic mass is 35.5. The lowest BCUT2D eigenvalue weighted by molar-refractivity contribution is 0.230. The second-order valence-electron chi connectivity index (χ2n) is 5.64. The van der Waals surface area contributed by atoms with Crippen molar-refractivity contribution >= 4 is 46.6 Å². The van der Waals surface area contributed by atoms with Gasteiger partial charge in [0.15, 0.2) is 0 Å². The van der Waals surface area contributed by atoms with Crippen molar-refractivity contribution < 1.29 is 9.59 Å². The zero-order valence-corrected chi connectivity index (χ0v) is 16.6. The normalized spacial score (nSPS) is 9.46. The number of carbonyl (C=O) groups excluding carboxylic acids is 2. The summed E-state index contributed by atoms with van der Waals surface area (Å²) in [6.45, 7) is 0. The van der Waals surface area contributed by atoms with Gasteiger partial charge in [0.05, 0.1) is 10.0 Å². The van der Waals surface area contributed by atoms with Gasteiger partial charge in [-0.05, 0) is 30.3 Å². The maximum Gasteiger partial charge on any atom is 0.321 e. The average molecular weight is 397 g/mol. The van der Waals surface area contributed by atoms with Gasteiger partial charge < -0.3 is 20.4 Å². The molecule has 2 rings (SSSR count). The molecule has 4 amide bonds. The molecule has 0 bridgehead atoms. The van der Waals surface area contributed by atoms with Crippen LogP contribution in [0.5, 0.6) is 0 Å². The first-order chi connectivity index (χ1) is 12.2. The highest BCUT2D eigenvalue weighted by molar-refractivity contribution is 6.42. The quantitative estimate of drug-likeness (QED) is 0.760. The number of carbonyl (C=O) groups is 2. The predicted molar refractivity (Wildman–Crippen MR) is 108 cm³/mol. The van der Waals surface area contributed by atoms with Crippen molar-refractivity contribution in [1.29, 1.82) is 0 Å². The van der Waals surface area contributed by atoms with E-state index >= 15 is 0 Å². The number of benzene rings is 2. The fourth-order valence-corrected chi connectivity index (χ4v) is 1.86. The maximum atomic E-state index is 11.2. The van der Waals surface area contributed by atoms with E-state index in [1.54, 1.807) is 46.4 Å². The van der Waals surface area contributed by atoms with Gasteiger partial charge in [-0.3, -0.25) is 0 Å². The molecule has 0 saturated carbocycles. The van der Waals surface area contributed by atoms with Gasteiger partial charge in [-0.15, -0.1) is 0 Å². The topological polar surface area (TPSA) is 64.7 Å². The van der Waals surface area contributed by atoms with Crippen LogP contribution in [0.2, 0.25) is 10.0 Å². The molecule has 0 fully saturated rings. The van der Waals surface area contributed by atoms with E-state index < -0.39 is 0 Å². The number of hydrogen-bond donors (Lipinski definition) is 2. The third-order valence-electron chi connectivity index (χ3n) is 3.01. The predicted octanol–water partition coefficient (Wildman–Crippen LogP) is 4.87. The molecule has 0 atom stereocenters. The molecule has 2 aromatic rings. The number of rotatable bonds is 2. The molecule has 8 heteroatoms. The van der Waals surface area contributed by atoms with Gasteiger partial charge in [0.25, 0.3) is 0 Å². The Bertz CT molecular complexity index is 737. The van der Waals surface area contributed by atoms with Gasteiger partial charge in [-0.2, -0.15) is 0 Å².